The third-order valence-corrected chi connectivity index (χ3v) is 3.99. The number of rotatable bonds is 4. The van der Waals surface area contributed by atoms with Gasteiger partial charge in [0.15, 0.2) is 0 Å². The summed E-state index contributed by atoms with van der Waals surface area (Å²) < 4.78 is -1.36. The highest BCUT2D eigenvalue weighted by Crippen LogP contribution is 2.42. The van der Waals surface area contributed by atoms with Crippen molar-refractivity contribution in [2.45, 2.75) is 36.4 Å². The number of halogens is 3. The van der Waals surface area contributed by atoms with Crippen LogP contribution in [0.2, 0.25) is 0 Å². The Balaban J connectivity index is 2.52. The van der Waals surface area contributed by atoms with Crippen LogP contribution in [-0.2, 0) is 10.2 Å². The Morgan fingerprint density at radius 3 is 2.37 bits per heavy atom. The molecule has 0 nitrogen and oxygen atoms in total. The van der Waals surface area contributed by atoms with Crippen molar-refractivity contribution >= 4 is 45.6 Å². The van der Waals surface area contributed by atoms with Crippen LogP contribution < -0.4 is 0 Å². The van der Waals surface area contributed by atoms with Crippen LogP contribution in [0.1, 0.15) is 37.3 Å². The fourth-order valence-electron chi connectivity index (χ4n) is 2.42. The molecule has 19 heavy (non-hydrogen) atoms. The Kier molecular flexibility index (Phi) is 5.00. The molecule has 0 aliphatic carbocycles. The lowest BCUT2D eigenvalue weighted by Gasteiger charge is -2.18. The van der Waals surface area contributed by atoms with Gasteiger partial charge >= 0.3 is 0 Å². The van der Waals surface area contributed by atoms with E-state index in [1.165, 1.54) is 29.2 Å². The Bertz CT molecular complexity index is 555. The van der Waals surface area contributed by atoms with Crippen molar-refractivity contribution in [1.29, 1.82) is 0 Å². The van der Waals surface area contributed by atoms with E-state index < -0.39 is 3.79 Å². The Hall–Kier alpha value is -0.430. The molecule has 0 N–H and O–H groups in total. The van der Waals surface area contributed by atoms with Crippen molar-refractivity contribution in [3.63, 3.8) is 0 Å². The van der Waals surface area contributed by atoms with E-state index in [4.69, 9.17) is 34.8 Å². The third-order valence-electron chi connectivity index (χ3n) is 3.38. The molecule has 0 aromatic heterocycles. The highest BCUT2D eigenvalue weighted by Gasteiger charge is 2.26. The normalized spacial score (nSPS) is 12.0. The van der Waals surface area contributed by atoms with Gasteiger partial charge in [0.2, 0.25) is 3.79 Å². The minimum Gasteiger partial charge on any atom is -0.0784 e. The van der Waals surface area contributed by atoms with Crippen molar-refractivity contribution in [2.24, 2.45) is 0 Å². The van der Waals surface area contributed by atoms with Crippen LogP contribution in [0.4, 0.5) is 0 Å². The number of unbranched alkanes of at least 4 members (excludes halogenated alkanes) is 2. The summed E-state index contributed by atoms with van der Waals surface area (Å²) in [5.74, 6) is 0. The first kappa shape index (κ1) is 15.0. The van der Waals surface area contributed by atoms with E-state index in [-0.39, 0.29) is 0 Å². The SMILES string of the molecule is CCCCCc1c(C(Cl)(Cl)Cl)ccc2ccccc12. The first-order valence-corrected chi connectivity index (χ1v) is 7.75. The topological polar surface area (TPSA) is 0 Å². The molecule has 2 aromatic rings. The van der Waals surface area contributed by atoms with Crippen molar-refractivity contribution in [2.75, 3.05) is 0 Å². The second-order valence-electron chi connectivity index (χ2n) is 4.77. The maximum Gasteiger partial charge on any atom is 0.216 e. The molecule has 0 atom stereocenters. The molecule has 0 bridgehead atoms. The average molecular weight is 316 g/mol. The molecule has 0 fully saturated rings. The van der Waals surface area contributed by atoms with Gasteiger partial charge in [0, 0.05) is 5.56 Å². The molecule has 2 aromatic carbocycles. The van der Waals surface area contributed by atoms with Gasteiger partial charge in [-0.05, 0) is 29.2 Å². The number of benzene rings is 2. The molecule has 3 heteroatoms. The lowest BCUT2D eigenvalue weighted by atomic mass is 9.95. The smallest absolute Gasteiger partial charge is 0.0784 e. The lowest BCUT2D eigenvalue weighted by molar-refractivity contribution is 0.716. The number of fused-ring (bicyclic) bond motifs is 1. The van der Waals surface area contributed by atoms with Crippen molar-refractivity contribution < 1.29 is 0 Å². The van der Waals surface area contributed by atoms with Crippen LogP contribution in [-0.4, -0.2) is 0 Å². The summed E-state index contributed by atoms with van der Waals surface area (Å²) in [6.45, 7) is 2.19. The number of aryl methyl sites for hydroxylation is 1. The quantitative estimate of drug-likeness (QED) is 0.452. The van der Waals surface area contributed by atoms with Gasteiger partial charge in [-0.1, -0.05) is 91.0 Å². The number of hydrogen-bond donors (Lipinski definition) is 0. The summed E-state index contributed by atoms with van der Waals surface area (Å²) >= 11 is 18.3. The highest BCUT2D eigenvalue weighted by molar-refractivity contribution is 6.66. The molecule has 102 valence electrons. The minimum atomic E-state index is -1.36. The Morgan fingerprint density at radius 2 is 1.68 bits per heavy atom. The first-order chi connectivity index (χ1) is 9.04. The van der Waals surface area contributed by atoms with E-state index >= 15 is 0 Å². The molecule has 0 amide bonds. The fourth-order valence-corrected chi connectivity index (χ4v) is 2.95. The second-order valence-corrected chi connectivity index (χ2v) is 7.05. The van der Waals surface area contributed by atoms with Crippen molar-refractivity contribution in [1.82, 2.24) is 0 Å². The number of alkyl halides is 3. The fraction of sp³-hybridized carbons (Fsp3) is 0.375. The predicted molar refractivity (Wildman–Crippen MR) is 86.4 cm³/mol. The molecular formula is C16H17Cl3. The van der Waals surface area contributed by atoms with Gasteiger partial charge in [-0.15, -0.1) is 0 Å². The summed E-state index contributed by atoms with van der Waals surface area (Å²) in [7, 11) is 0. The van der Waals surface area contributed by atoms with E-state index in [1.54, 1.807) is 0 Å². The monoisotopic (exact) mass is 314 g/mol. The van der Waals surface area contributed by atoms with Crippen LogP contribution in [0.5, 0.6) is 0 Å². The van der Waals surface area contributed by atoms with Crippen LogP contribution in [0.25, 0.3) is 10.8 Å². The zero-order valence-corrected chi connectivity index (χ0v) is 13.2. The second kappa shape index (κ2) is 6.35. The third kappa shape index (κ3) is 3.56. The zero-order chi connectivity index (χ0) is 13.9. The lowest BCUT2D eigenvalue weighted by Crippen LogP contribution is -2.06. The maximum atomic E-state index is 6.11. The molecule has 0 unspecified atom stereocenters. The van der Waals surface area contributed by atoms with E-state index in [9.17, 15) is 0 Å². The Morgan fingerprint density at radius 1 is 0.947 bits per heavy atom. The summed E-state index contributed by atoms with van der Waals surface area (Å²) in [6.07, 6.45) is 4.47. The standard InChI is InChI=1S/C16H17Cl3/c1-2-3-4-9-14-13-8-6-5-7-12(13)10-11-15(14)16(17,18)19/h5-8,10-11H,2-4,9H2,1H3. The maximum absolute atomic E-state index is 6.11. The van der Waals surface area contributed by atoms with Crippen LogP contribution >= 0.6 is 34.8 Å². The molecule has 0 radical (unpaired) electrons. The van der Waals surface area contributed by atoms with E-state index in [0.29, 0.717) is 0 Å². The largest absolute Gasteiger partial charge is 0.216 e. The van der Waals surface area contributed by atoms with Gasteiger partial charge in [0.1, 0.15) is 0 Å². The van der Waals surface area contributed by atoms with Crippen LogP contribution in [0, 0.1) is 0 Å². The van der Waals surface area contributed by atoms with Gasteiger partial charge in [-0.3, -0.25) is 0 Å². The molecule has 2 rings (SSSR count). The molecule has 0 aliphatic heterocycles. The molecular weight excluding hydrogens is 299 g/mol. The van der Waals surface area contributed by atoms with Gasteiger partial charge in [0.25, 0.3) is 0 Å². The predicted octanol–water partition coefficient (Wildman–Crippen LogP) is 6.40. The van der Waals surface area contributed by atoms with Gasteiger partial charge in [-0.25, -0.2) is 0 Å². The van der Waals surface area contributed by atoms with E-state index in [1.807, 2.05) is 24.3 Å². The summed E-state index contributed by atoms with van der Waals surface area (Å²) in [6, 6.07) is 12.2. The molecule has 0 heterocycles. The zero-order valence-electron chi connectivity index (χ0n) is 10.9. The molecule has 0 saturated carbocycles. The van der Waals surface area contributed by atoms with E-state index in [2.05, 4.69) is 19.1 Å². The van der Waals surface area contributed by atoms with Gasteiger partial charge in [-0.2, -0.15) is 0 Å². The molecule has 0 spiro atoms. The minimum absolute atomic E-state index is 0.812. The highest BCUT2D eigenvalue weighted by atomic mass is 35.6. The van der Waals surface area contributed by atoms with Gasteiger partial charge < -0.3 is 0 Å². The summed E-state index contributed by atoms with van der Waals surface area (Å²) in [4.78, 5) is 0. The molecule has 0 saturated heterocycles. The first-order valence-electron chi connectivity index (χ1n) is 6.62. The van der Waals surface area contributed by atoms with Crippen LogP contribution in [0.15, 0.2) is 36.4 Å². The average Bonchev–Trinajstić information content (AvgIpc) is 2.37. The summed E-state index contributed by atoms with van der Waals surface area (Å²) in [5, 5.41) is 2.40. The van der Waals surface area contributed by atoms with Crippen molar-refractivity contribution in [3.8, 4) is 0 Å². The van der Waals surface area contributed by atoms with Crippen molar-refractivity contribution in [3.05, 3.63) is 47.5 Å². The van der Waals surface area contributed by atoms with Gasteiger partial charge in [0.05, 0.1) is 0 Å². The van der Waals surface area contributed by atoms with E-state index in [0.717, 1.165) is 18.4 Å². The molecule has 0 aliphatic rings. The summed E-state index contributed by atoms with van der Waals surface area (Å²) in [5.41, 5.74) is 1.99. The Labute approximate surface area is 129 Å². The number of hydrogen-bond acceptors (Lipinski definition) is 0. The van der Waals surface area contributed by atoms with Crippen LogP contribution in [0.3, 0.4) is 0 Å².